The van der Waals surface area contributed by atoms with Crippen LogP contribution < -0.4 is 0 Å². The van der Waals surface area contributed by atoms with Crippen molar-refractivity contribution in [2.45, 2.75) is 6.42 Å². The van der Waals surface area contributed by atoms with Gasteiger partial charge in [0, 0.05) is 16.5 Å². The SMILES string of the molecule is O=C(CCl)Cc1cc(Br)cc(C(=O)Cl)c1. The molecular formula is C10H7BrCl2O2. The van der Waals surface area contributed by atoms with Crippen LogP contribution in [0.15, 0.2) is 22.7 Å². The van der Waals surface area contributed by atoms with Gasteiger partial charge in [-0.15, -0.1) is 11.6 Å². The molecule has 0 aromatic heterocycles. The second-order valence-electron chi connectivity index (χ2n) is 2.97. The number of carbonyl (C=O) groups excluding carboxylic acids is 2. The zero-order chi connectivity index (χ0) is 11.4. The van der Waals surface area contributed by atoms with Crippen molar-refractivity contribution in [2.24, 2.45) is 0 Å². The zero-order valence-electron chi connectivity index (χ0n) is 7.60. The Morgan fingerprint density at radius 1 is 1.27 bits per heavy atom. The molecule has 1 aromatic carbocycles. The Labute approximate surface area is 106 Å². The van der Waals surface area contributed by atoms with Crippen molar-refractivity contribution >= 4 is 50.2 Å². The van der Waals surface area contributed by atoms with Gasteiger partial charge < -0.3 is 0 Å². The minimum absolute atomic E-state index is 0.0311. The van der Waals surface area contributed by atoms with Gasteiger partial charge in [-0.1, -0.05) is 15.9 Å². The molecule has 1 aromatic rings. The van der Waals surface area contributed by atoms with E-state index in [1.807, 2.05) is 0 Å². The van der Waals surface area contributed by atoms with Crippen LogP contribution in [0.4, 0.5) is 0 Å². The molecule has 0 N–H and O–H groups in total. The molecule has 0 heterocycles. The van der Waals surface area contributed by atoms with E-state index < -0.39 is 5.24 Å². The lowest BCUT2D eigenvalue weighted by molar-refractivity contribution is -0.116. The molecule has 0 unspecified atom stereocenters. The second kappa shape index (κ2) is 5.64. The first-order valence-electron chi connectivity index (χ1n) is 4.10. The molecule has 0 bridgehead atoms. The number of carbonyl (C=O) groups is 2. The summed E-state index contributed by atoms with van der Waals surface area (Å²) in [5, 5.41) is -0.545. The lowest BCUT2D eigenvalue weighted by Gasteiger charge is -2.02. The van der Waals surface area contributed by atoms with E-state index in [1.54, 1.807) is 18.2 Å². The van der Waals surface area contributed by atoms with Crippen molar-refractivity contribution in [2.75, 3.05) is 5.88 Å². The van der Waals surface area contributed by atoms with Gasteiger partial charge in [0.05, 0.1) is 5.88 Å². The average molecular weight is 310 g/mol. The quantitative estimate of drug-likeness (QED) is 0.632. The number of rotatable bonds is 4. The number of benzene rings is 1. The Bertz CT molecular complexity index is 404. The first kappa shape index (κ1) is 12.7. The van der Waals surface area contributed by atoms with Gasteiger partial charge in [0.15, 0.2) is 5.78 Å². The molecular weight excluding hydrogens is 303 g/mol. The fourth-order valence-corrected chi connectivity index (χ4v) is 1.89. The summed E-state index contributed by atoms with van der Waals surface area (Å²) in [5.74, 6) is -0.126. The second-order valence-corrected chi connectivity index (χ2v) is 4.50. The number of hydrogen-bond donors (Lipinski definition) is 0. The number of alkyl halides is 1. The van der Waals surface area contributed by atoms with Crippen molar-refractivity contribution in [3.63, 3.8) is 0 Å². The van der Waals surface area contributed by atoms with Crippen LogP contribution in [-0.2, 0) is 11.2 Å². The number of halogens is 3. The lowest BCUT2D eigenvalue weighted by atomic mass is 10.1. The summed E-state index contributed by atoms with van der Waals surface area (Å²) in [6.07, 6.45) is 0.208. The van der Waals surface area contributed by atoms with E-state index in [0.29, 0.717) is 10.0 Å². The molecule has 15 heavy (non-hydrogen) atoms. The molecule has 80 valence electrons. The summed E-state index contributed by atoms with van der Waals surface area (Å²) in [4.78, 5) is 22.0. The van der Waals surface area contributed by atoms with Crippen LogP contribution in [0.2, 0.25) is 0 Å². The molecule has 0 fully saturated rings. The van der Waals surface area contributed by atoms with Crippen molar-refractivity contribution in [3.8, 4) is 0 Å². The molecule has 0 radical (unpaired) electrons. The molecule has 0 atom stereocenters. The topological polar surface area (TPSA) is 34.1 Å². The monoisotopic (exact) mass is 308 g/mol. The summed E-state index contributed by atoms with van der Waals surface area (Å²) < 4.78 is 0.714. The Morgan fingerprint density at radius 3 is 2.47 bits per heavy atom. The fourth-order valence-electron chi connectivity index (χ4n) is 1.14. The van der Waals surface area contributed by atoms with E-state index in [1.165, 1.54) is 0 Å². The molecule has 1 rings (SSSR count). The molecule has 2 nitrogen and oxygen atoms in total. The van der Waals surface area contributed by atoms with Gasteiger partial charge in [-0.2, -0.15) is 0 Å². The molecule has 0 aliphatic carbocycles. The van der Waals surface area contributed by atoms with Crippen LogP contribution in [-0.4, -0.2) is 16.9 Å². The summed E-state index contributed by atoms with van der Waals surface area (Å²) >= 11 is 14.0. The van der Waals surface area contributed by atoms with Gasteiger partial charge in [0.2, 0.25) is 0 Å². The first-order valence-corrected chi connectivity index (χ1v) is 5.80. The third kappa shape index (κ3) is 3.93. The standard InChI is InChI=1S/C10H7BrCl2O2/c11-8-2-6(3-9(14)5-12)1-7(4-8)10(13)15/h1-2,4H,3,5H2. The van der Waals surface area contributed by atoms with Gasteiger partial charge in [0.1, 0.15) is 0 Å². The molecule has 0 saturated carbocycles. The molecule has 0 amide bonds. The van der Waals surface area contributed by atoms with Gasteiger partial charge in [-0.3, -0.25) is 9.59 Å². The maximum Gasteiger partial charge on any atom is 0.252 e. The number of ketones is 1. The van der Waals surface area contributed by atoms with Crippen molar-refractivity contribution in [3.05, 3.63) is 33.8 Å². The summed E-state index contributed by atoms with van der Waals surface area (Å²) in [5.41, 5.74) is 1.09. The highest BCUT2D eigenvalue weighted by Gasteiger charge is 2.08. The van der Waals surface area contributed by atoms with Crippen LogP contribution in [0.25, 0.3) is 0 Å². The first-order chi connectivity index (χ1) is 7.02. The zero-order valence-corrected chi connectivity index (χ0v) is 10.7. The van der Waals surface area contributed by atoms with Gasteiger partial charge in [-0.05, 0) is 35.4 Å². The number of hydrogen-bond acceptors (Lipinski definition) is 2. The minimum Gasteiger partial charge on any atom is -0.298 e. The highest BCUT2D eigenvalue weighted by molar-refractivity contribution is 9.10. The normalized spacial score (nSPS) is 10.1. The molecule has 0 saturated heterocycles. The van der Waals surface area contributed by atoms with E-state index >= 15 is 0 Å². The van der Waals surface area contributed by atoms with Crippen LogP contribution in [0, 0.1) is 0 Å². The largest absolute Gasteiger partial charge is 0.298 e. The maximum atomic E-state index is 11.1. The molecule has 0 aliphatic heterocycles. The fraction of sp³-hybridized carbons (Fsp3) is 0.200. The third-order valence-corrected chi connectivity index (χ3v) is 2.71. The highest BCUT2D eigenvalue weighted by Crippen LogP contribution is 2.18. The smallest absolute Gasteiger partial charge is 0.252 e. The van der Waals surface area contributed by atoms with Crippen LogP contribution in [0.3, 0.4) is 0 Å². The van der Waals surface area contributed by atoms with E-state index in [9.17, 15) is 9.59 Å². The van der Waals surface area contributed by atoms with E-state index in [-0.39, 0.29) is 18.1 Å². The van der Waals surface area contributed by atoms with Gasteiger partial charge in [-0.25, -0.2) is 0 Å². The summed E-state index contributed by atoms with van der Waals surface area (Å²) in [6, 6.07) is 4.95. The Hall–Kier alpha value is -0.380. The lowest BCUT2D eigenvalue weighted by Crippen LogP contribution is -2.04. The summed E-state index contributed by atoms with van der Waals surface area (Å²) in [6.45, 7) is 0. The third-order valence-electron chi connectivity index (χ3n) is 1.73. The van der Waals surface area contributed by atoms with E-state index in [4.69, 9.17) is 23.2 Å². The van der Waals surface area contributed by atoms with Crippen molar-refractivity contribution in [1.29, 1.82) is 0 Å². The van der Waals surface area contributed by atoms with E-state index in [0.717, 1.165) is 5.56 Å². The number of Topliss-reactive ketones (excluding diaryl/α,β-unsaturated/α-hetero) is 1. The molecule has 5 heteroatoms. The highest BCUT2D eigenvalue weighted by atomic mass is 79.9. The predicted octanol–water partition coefficient (Wildman–Crippen LogP) is 3.18. The van der Waals surface area contributed by atoms with Crippen LogP contribution in [0.5, 0.6) is 0 Å². The van der Waals surface area contributed by atoms with Crippen molar-refractivity contribution in [1.82, 2.24) is 0 Å². The van der Waals surface area contributed by atoms with Crippen molar-refractivity contribution < 1.29 is 9.59 Å². The van der Waals surface area contributed by atoms with E-state index in [2.05, 4.69) is 15.9 Å². The van der Waals surface area contributed by atoms with Gasteiger partial charge in [0.25, 0.3) is 5.24 Å². The van der Waals surface area contributed by atoms with Gasteiger partial charge >= 0.3 is 0 Å². The Balaban J connectivity index is 2.98. The van der Waals surface area contributed by atoms with Crippen LogP contribution >= 0.6 is 39.1 Å². The minimum atomic E-state index is -0.545. The maximum absolute atomic E-state index is 11.1. The van der Waals surface area contributed by atoms with Crippen LogP contribution in [0.1, 0.15) is 15.9 Å². The molecule has 0 aliphatic rings. The Kier molecular flexibility index (Phi) is 4.77. The average Bonchev–Trinajstić information content (AvgIpc) is 2.16. The Morgan fingerprint density at radius 2 is 1.93 bits per heavy atom. The molecule has 0 spiro atoms. The predicted molar refractivity (Wildman–Crippen MR) is 63.8 cm³/mol. The summed E-state index contributed by atoms with van der Waals surface area (Å²) in [7, 11) is 0.